The quantitative estimate of drug-likeness (QED) is 0.875. The van der Waals surface area contributed by atoms with Crippen molar-refractivity contribution in [2.45, 2.75) is 38.6 Å². The van der Waals surface area contributed by atoms with Crippen molar-refractivity contribution in [2.24, 2.45) is 5.92 Å². The fraction of sp³-hybridized carbons (Fsp3) is 0.550. The fourth-order valence-electron chi connectivity index (χ4n) is 4.48. The molecule has 2 aliphatic rings. The molecule has 7 heteroatoms. The molecule has 27 heavy (non-hydrogen) atoms. The zero-order chi connectivity index (χ0) is 19.0. The summed E-state index contributed by atoms with van der Waals surface area (Å²) in [5.41, 5.74) is 1.72. The third-order valence-corrected chi connectivity index (χ3v) is 6.05. The van der Waals surface area contributed by atoms with Crippen LogP contribution in [0.1, 0.15) is 38.6 Å². The van der Waals surface area contributed by atoms with E-state index in [-0.39, 0.29) is 29.5 Å². The van der Waals surface area contributed by atoms with Crippen molar-refractivity contribution in [3.63, 3.8) is 0 Å². The van der Waals surface area contributed by atoms with E-state index < -0.39 is 0 Å². The predicted octanol–water partition coefficient (Wildman–Crippen LogP) is 1.75. The average Bonchev–Trinajstić information content (AvgIpc) is 3.03. The molecule has 0 unspecified atom stereocenters. The van der Waals surface area contributed by atoms with Gasteiger partial charge in [-0.1, -0.05) is 12.1 Å². The van der Waals surface area contributed by atoms with E-state index in [0.29, 0.717) is 26.2 Å². The summed E-state index contributed by atoms with van der Waals surface area (Å²) in [5.74, 6) is 0.321. The smallest absolute Gasteiger partial charge is 0.326 e. The lowest BCUT2D eigenvalue weighted by molar-refractivity contribution is -0.141. The first kappa shape index (κ1) is 17.8. The van der Waals surface area contributed by atoms with Crippen LogP contribution in [-0.2, 0) is 9.59 Å². The second kappa shape index (κ2) is 7.21. The molecule has 4 rings (SSSR count). The second-order valence-corrected chi connectivity index (χ2v) is 7.65. The minimum atomic E-state index is -0.0717. The van der Waals surface area contributed by atoms with Crippen LogP contribution in [0.25, 0.3) is 11.0 Å². The van der Waals surface area contributed by atoms with Gasteiger partial charge in [-0.05, 0) is 37.8 Å². The highest BCUT2D eigenvalue weighted by Crippen LogP contribution is 2.27. The number of aromatic nitrogens is 2. The van der Waals surface area contributed by atoms with Gasteiger partial charge in [0.15, 0.2) is 0 Å². The molecular formula is C20H26N4O3. The Balaban J connectivity index is 1.39. The van der Waals surface area contributed by atoms with Crippen molar-refractivity contribution >= 4 is 22.8 Å². The number of benzene rings is 1. The monoisotopic (exact) mass is 370 g/mol. The highest BCUT2D eigenvalue weighted by molar-refractivity contribution is 5.80. The summed E-state index contributed by atoms with van der Waals surface area (Å²) in [6, 6.07) is 7.86. The number of amides is 2. The van der Waals surface area contributed by atoms with E-state index >= 15 is 0 Å². The van der Waals surface area contributed by atoms with Crippen molar-refractivity contribution in [3.05, 3.63) is 34.7 Å². The lowest BCUT2D eigenvalue weighted by Gasteiger charge is -2.37. The summed E-state index contributed by atoms with van der Waals surface area (Å²) in [7, 11) is 0. The van der Waals surface area contributed by atoms with Crippen LogP contribution in [0, 0.1) is 5.92 Å². The predicted molar refractivity (Wildman–Crippen MR) is 102 cm³/mol. The number of hydrogen-bond donors (Lipinski definition) is 1. The van der Waals surface area contributed by atoms with Crippen molar-refractivity contribution in [1.82, 2.24) is 19.4 Å². The Kier molecular flexibility index (Phi) is 4.76. The summed E-state index contributed by atoms with van der Waals surface area (Å²) < 4.78 is 1.85. The van der Waals surface area contributed by atoms with Gasteiger partial charge >= 0.3 is 5.69 Å². The van der Waals surface area contributed by atoms with Gasteiger partial charge < -0.3 is 14.8 Å². The van der Waals surface area contributed by atoms with Gasteiger partial charge in [0.05, 0.1) is 11.0 Å². The first-order valence-corrected chi connectivity index (χ1v) is 9.78. The van der Waals surface area contributed by atoms with Crippen LogP contribution in [0.5, 0.6) is 0 Å². The molecule has 0 radical (unpaired) electrons. The van der Waals surface area contributed by atoms with Crippen LogP contribution >= 0.6 is 0 Å². The molecule has 0 aliphatic carbocycles. The maximum Gasteiger partial charge on any atom is 0.326 e. The van der Waals surface area contributed by atoms with Crippen molar-refractivity contribution in [1.29, 1.82) is 0 Å². The van der Waals surface area contributed by atoms with E-state index in [1.807, 2.05) is 38.6 Å². The van der Waals surface area contributed by atoms with Crippen LogP contribution in [0.2, 0.25) is 0 Å². The number of imidazole rings is 1. The van der Waals surface area contributed by atoms with E-state index in [0.717, 1.165) is 36.7 Å². The number of likely N-dealkylation sites (tertiary alicyclic amines) is 2. The van der Waals surface area contributed by atoms with E-state index in [9.17, 15) is 14.4 Å². The van der Waals surface area contributed by atoms with Gasteiger partial charge in [0, 0.05) is 45.1 Å². The summed E-state index contributed by atoms with van der Waals surface area (Å²) in [6.45, 7) is 4.30. The second-order valence-electron chi connectivity index (χ2n) is 7.65. The molecule has 0 spiro atoms. The lowest BCUT2D eigenvalue weighted by atomic mass is 9.93. The molecule has 1 aromatic carbocycles. The number of aromatic amines is 1. The van der Waals surface area contributed by atoms with Gasteiger partial charge in [-0.15, -0.1) is 0 Å². The fourth-order valence-corrected chi connectivity index (χ4v) is 4.48. The summed E-state index contributed by atoms with van der Waals surface area (Å²) >= 11 is 0. The number of fused-ring (bicyclic) bond motifs is 1. The minimum absolute atomic E-state index is 0.0213. The van der Waals surface area contributed by atoms with Crippen LogP contribution in [0.3, 0.4) is 0 Å². The molecule has 0 atom stereocenters. The number of para-hydroxylation sites is 2. The largest absolute Gasteiger partial charge is 0.343 e. The van der Waals surface area contributed by atoms with E-state index in [2.05, 4.69) is 4.98 Å². The molecular weight excluding hydrogens is 344 g/mol. The lowest BCUT2D eigenvalue weighted by Crippen LogP contribution is -2.46. The SMILES string of the molecule is CC(=O)N1CCC(C(=O)N2CCC(n3c(=O)[nH]c4ccccc43)CC2)CC1. The Morgan fingerprint density at radius 1 is 0.963 bits per heavy atom. The number of rotatable bonds is 2. The number of piperidine rings is 2. The first-order valence-electron chi connectivity index (χ1n) is 9.78. The maximum absolute atomic E-state index is 12.8. The number of nitrogens with zero attached hydrogens (tertiary/aromatic N) is 3. The Morgan fingerprint density at radius 2 is 1.59 bits per heavy atom. The van der Waals surface area contributed by atoms with Crippen LogP contribution in [0.15, 0.2) is 29.1 Å². The van der Waals surface area contributed by atoms with Crippen LogP contribution in [-0.4, -0.2) is 57.3 Å². The standard InChI is InChI=1S/C20H26N4O3/c1-14(25)22-10-6-15(7-11-22)19(26)23-12-8-16(9-13-23)24-18-5-3-2-4-17(18)21-20(24)27/h2-5,15-16H,6-13H2,1H3,(H,21,27). The van der Waals surface area contributed by atoms with E-state index in [1.54, 1.807) is 6.92 Å². The molecule has 1 N–H and O–H groups in total. The van der Waals surface area contributed by atoms with Crippen molar-refractivity contribution in [3.8, 4) is 0 Å². The van der Waals surface area contributed by atoms with Gasteiger partial charge in [-0.25, -0.2) is 4.79 Å². The van der Waals surface area contributed by atoms with Gasteiger partial charge in [-0.2, -0.15) is 0 Å². The highest BCUT2D eigenvalue weighted by Gasteiger charge is 2.32. The zero-order valence-electron chi connectivity index (χ0n) is 15.7. The number of carbonyl (C=O) groups excluding carboxylic acids is 2. The van der Waals surface area contributed by atoms with Crippen LogP contribution in [0.4, 0.5) is 0 Å². The van der Waals surface area contributed by atoms with E-state index in [4.69, 9.17) is 0 Å². The Morgan fingerprint density at radius 3 is 2.26 bits per heavy atom. The topological polar surface area (TPSA) is 78.4 Å². The zero-order valence-corrected chi connectivity index (χ0v) is 15.7. The molecule has 0 bridgehead atoms. The molecule has 3 heterocycles. The average molecular weight is 370 g/mol. The molecule has 2 aromatic rings. The first-order chi connectivity index (χ1) is 13.0. The van der Waals surface area contributed by atoms with Gasteiger partial charge in [0.2, 0.25) is 11.8 Å². The molecule has 0 saturated carbocycles. The third-order valence-electron chi connectivity index (χ3n) is 6.05. The third kappa shape index (κ3) is 3.38. The van der Waals surface area contributed by atoms with Crippen molar-refractivity contribution < 1.29 is 9.59 Å². The minimum Gasteiger partial charge on any atom is -0.343 e. The summed E-state index contributed by atoms with van der Waals surface area (Å²) in [5, 5.41) is 0. The van der Waals surface area contributed by atoms with Gasteiger partial charge in [-0.3, -0.25) is 14.2 Å². The molecule has 2 saturated heterocycles. The van der Waals surface area contributed by atoms with E-state index in [1.165, 1.54) is 0 Å². The number of hydrogen-bond acceptors (Lipinski definition) is 3. The highest BCUT2D eigenvalue weighted by atomic mass is 16.2. The molecule has 144 valence electrons. The van der Waals surface area contributed by atoms with Gasteiger partial charge in [0.25, 0.3) is 0 Å². The molecule has 1 aromatic heterocycles. The molecule has 7 nitrogen and oxygen atoms in total. The molecule has 2 aliphatic heterocycles. The normalized spacial score (nSPS) is 19.6. The Hall–Kier alpha value is -2.57. The Labute approximate surface area is 157 Å². The maximum atomic E-state index is 12.8. The summed E-state index contributed by atoms with van der Waals surface area (Å²) in [6.07, 6.45) is 3.08. The number of carbonyl (C=O) groups is 2. The number of H-pyrrole nitrogens is 1. The number of nitrogens with one attached hydrogen (secondary N) is 1. The van der Waals surface area contributed by atoms with Crippen molar-refractivity contribution in [2.75, 3.05) is 26.2 Å². The molecule has 2 amide bonds. The van der Waals surface area contributed by atoms with Crippen LogP contribution < -0.4 is 5.69 Å². The molecule has 2 fully saturated rings. The van der Waals surface area contributed by atoms with Gasteiger partial charge in [0.1, 0.15) is 0 Å². The Bertz CT molecular complexity index is 899. The summed E-state index contributed by atoms with van der Waals surface area (Å²) in [4.78, 5) is 43.4.